The molecule has 2 aliphatic rings. The molecule has 38 heavy (non-hydrogen) atoms. The third-order valence-electron chi connectivity index (χ3n) is 6.99. The highest BCUT2D eigenvalue weighted by molar-refractivity contribution is 9.10. The Morgan fingerprint density at radius 2 is 1.79 bits per heavy atom. The minimum absolute atomic E-state index is 0.169. The summed E-state index contributed by atoms with van der Waals surface area (Å²) in [6.07, 6.45) is 0. The van der Waals surface area contributed by atoms with Gasteiger partial charge < -0.3 is 9.80 Å². The SMILES string of the molecule is CCN(CC)C(=O)C1=C(C)N=c2s/c(=C3\C(=O)N(CC)c4ccc(Br)cc43)c(=O)n2[C@H]1c1ccc(Cl)cc1. The Balaban J connectivity index is 1.83. The number of benzene rings is 2. The van der Waals surface area contributed by atoms with E-state index in [1.54, 1.807) is 33.4 Å². The Hall–Kier alpha value is -3.01. The lowest BCUT2D eigenvalue weighted by Gasteiger charge is -2.29. The number of fused-ring (bicyclic) bond motifs is 2. The fraction of sp³-hybridized carbons (Fsp3) is 0.286. The number of rotatable bonds is 5. The van der Waals surface area contributed by atoms with Gasteiger partial charge in [-0.2, -0.15) is 0 Å². The lowest BCUT2D eigenvalue weighted by Crippen LogP contribution is -2.43. The van der Waals surface area contributed by atoms with Gasteiger partial charge in [0, 0.05) is 34.7 Å². The zero-order valence-corrected chi connectivity index (χ0v) is 24.6. The van der Waals surface area contributed by atoms with Crippen LogP contribution < -0.4 is 19.8 Å². The van der Waals surface area contributed by atoms with Gasteiger partial charge in [0.1, 0.15) is 4.53 Å². The number of nitrogens with zero attached hydrogens (tertiary/aromatic N) is 4. The maximum absolute atomic E-state index is 14.2. The highest BCUT2D eigenvalue weighted by atomic mass is 79.9. The Morgan fingerprint density at radius 1 is 1.11 bits per heavy atom. The summed E-state index contributed by atoms with van der Waals surface area (Å²) in [5, 5.41) is 0.555. The number of hydrogen-bond donors (Lipinski definition) is 0. The normalized spacial score (nSPS) is 17.9. The number of likely N-dealkylation sites (N-methyl/N-ethyl adjacent to an activating group) is 2. The van der Waals surface area contributed by atoms with E-state index in [4.69, 9.17) is 16.6 Å². The zero-order valence-electron chi connectivity index (χ0n) is 21.4. The van der Waals surface area contributed by atoms with Crippen molar-refractivity contribution in [3.05, 3.63) is 94.0 Å². The van der Waals surface area contributed by atoms with Crippen molar-refractivity contribution in [3.63, 3.8) is 0 Å². The first-order chi connectivity index (χ1) is 18.2. The van der Waals surface area contributed by atoms with E-state index in [-0.39, 0.29) is 17.4 Å². The van der Waals surface area contributed by atoms with Gasteiger partial charge in [-0.3, -0.25) is 19.0 Å². The minimum atomic E-state index is -0.702. The maximum Gasteiger partial charge on any atom is 0.271 e. The van der Waals surface area contributed by atoms with E-state index in [2.05, 4.69) is 15.9 Å². The molecule has 1 atom stereocenters. The second-order valence-corrected chi connectivity index (χ2v) is 11.3. The number of carbonyl (C=O) groups excluding carboxylic acids is 2. The summed E-state index contributed by atoms with van der Waals surface area (Å²) in [6.45, 7) is 9.08. The van der Waals surface area contributed by atoms with E-state index in [1.807, 2.05) is 51.1 Å². The number of halogens is 2. The average molecular weight is 614 g/mol. The van der Waals surface area contributed by atoms with Crippen molar-refractivity contribution in [1.82, 2.24) is 9.47 Å². The molecular formula is C28H26BrClN4O3S. The summed E-state index contributed by atoms with van der Waals surface area (Å²) in [7, 11) is 0. The van der Waals surface area contributed by atoms with Crippen LogP contribution >= 0.6 is 38.9 Å². The molecule has 2 aromatic carbocycles. The fourth-order valence-electron chi connectivity index (χ4n) is 5.12. The monoisotopic (exact) mass is 612 g/mol. The van der Waals surface area contributed by atoms with Gasteiger partial charge in [-0.05, 0) is 63.6 Å². The summed E-state index contributed by atoms with van der Waals surface area (Å²) >= 11 is 10.9. The molecule has 10 heteroatoms. The molecule has 0 saturated heterocycles. The largest absolute Gasteiger partial charge is 0.339 e. The second kappa shape index (κ2) is 10.3. The van der Waals surface area contributed by atoms with Gasteiger partial charge in [-0.15, -0.1) is 0 Å². The predicted octanol–water partition coefficient (Wildman–Crippen LogP) is 4.26. The number of amides is 2. The molecule has 0 unspecified atom stereocenters. The van der Waals surface area contributed by atoms with Crippen molar-refractivity contribution in [3.8, 4) is 0 Å². The van der Waals surface area contributed by atoms with Crippen LogP contribution in [0.3, 0.4) is 0 Å². The smallest absolute Gasteiger partial charge is 0.271 e. The van der Waals surface area contributed by atoms with E-state index < -0.39 is 6.04 Å². The molecular weight excluding hydrogens is 588 g/mol. The van der Waals surface area contributed by atoms with Crippen molar-refractivity contribution in [2.24, 2.45) is 4.99 Å². The second-order valence-electron chi connectivity index (χ2n) is 9.02. The van der Waals surface area contributed by atoms with Crippen molar-refractivity contribution < 1.29 is 9.59 Å². The van der Waals surface area contributed by atoms with Crippen molar-refractivity contribution in [2.75, 3.05) is 24.5 Å². The molecule has 196 valence electrons. The van der Waals surface area contributed by atoms with Crippen LogP contribution in [0.25, 0.3) is 5.57 Å². The molecule has 0 fully saturated rings. The Labute approximate surface area is 237 Å². The van der Waals surface area contributed by atoms with E-state index in [0.29, 0.717) is 56.4 Å². The molecule has 7 nitrogen and oxygen atoms in total. The highest BCUT2D eigenvalue weighted by Gasteiger charge is 2.37. The van der Waals surface area contributed by atoms with E-state index in [1.165, 1.54) is 11.3 Å². The third kappa shape index (κ3) is 4.17. The number of thiazole rings is 1. The van der Waals surface area contributed by atoms with Gasteiger partial charge in [0.2, 0.25) is 0 Å². The molecule has 1 aromatic heterocycles. The quantitative estimate of drug-likeness (QED) is 0.432. The summed E-state index contributed by atoms with van der Waals surface area (Å²) in [5.74, 6) is -0.387. The summed E-state index contributed by atoms with van der Waals surface area (Å²) in [6, 6.07) is 12.1. The van der Waals surface area contributed by atoms with Gasteiger partial charge in [0.15, 0.2) is 4.80 Å². The summed E-state index contributed by atoms with van der Waals surface area (Å²) in [4.78, 5) is 50.1. The molecule has 2 amide bonds. The van der Waals surface area contributed by atoms with Gasteiger partial charge in [0.05, 0.1) is 28.6 Å². The molecule has 3 heterocycles. The van der Waals surface area contributed by atoms with Crippen molar-refractivity contribution >= 4 is 61.9 Å². The minimum Gasteiger partial charge on any atom is -0.339 e. The maximum atomic E-state index is 14.2. The molecule has 0 saturated carbocycles. The molecule has 5 rings (SSSR count). The van der Waals surface area contributed by atoms with Crippen LogP contribution in [0.4, 0.5) is 5.69 Å². The molecule has 0 bridgehead atoms. The average Bonchev–Trinajstić information content (AvgIpc) is 3.35. The highest BCUT2D eigenvalue weighted by Crippen LogP contribution is 2.37. The lowest BCUT2D eigenvalue weighted by molar-refractivity contribution is -0.127. The molecule has 2 aliphatic heterocycles. The van der Waals surface area contributed by atoms with Crippen LogP contribution in [0.1, 0.15) is 44.9 Å². The van der Waals surface area contributed by atoms with Gasteiger partial charge in [-0.1, -0.05) is 51.0 Å². The van der Waals surface area contributed by atoms with E-state index >= 15 is 0 Å². The summed E-state index contributed by atoms with van der Waals surface area (Å²) < 4.78 is 2.68. The zero-order chi connectivity index (χ0) is 27.3. The lowest BCUT2D eigenvalue weighted by atomic mass is 9.94. The third-order valence-corrected chi connectivity index (χ3v) is 8.78. The Morgan fingerprint density at radius 3 is 2.42 bits per heavy atom. The van der Waals surface area contributed by atoms with Crippen LogP contribution in [-0.2, 0) is 9.59 Å². The predicted molar refractivity (Wildman–Crippen MR) is 154 cm³/mol. The van der Waals surface area contributed by atoms with Gasteiger partial charge in [-0.25, -0.2) is 4.99 Å². The number of hydrogen-bond acceptors (Lipinski definition) is 5. The van der Waals surface area contributed by atoms with E-state index in [0.717, 1.165) is 15.7 Å². The Kier molecular flexibility index (Phi) is 7.19. The topological polar surface area (TPSA) is 75.0 Å². The van der Waals surface area contributed by atoms with Crippen LogP contribution in [-0.4, -0.2) is 40.9 Å². The van der Waals surface area contributed by atoms with Crippen LogP contribution in [0.15, 0.2) is 68.0 Å². The molecule has 0 N–H and O–H groups in total. The van der Waals surface area contributed by atoms with Crippen molar-refractivity contribution in [2.45, 2.75) is 33.7 Å². The van der Waals surface area contributed by atoms with Gasteiger partial charge in [0.25, 0.3) is 17.4 Å². The first kappa shape index (κ1) is 26.6. The molecule has 3 aromatic rings. The number of carbonyl (C=O) groups is 2. The molecule has 0 radical (unpaired) electrons. The molecule has 0 aliphatic carbocycles. The van der Waals surface area contributed by atoms with Crippen LogP contribution in [0.5, 0.6) is 0 Å². The van der Waals surface area contributed by atoms with Crippen LogP contribution in [0.2, 0.25) is 5.02 Å². The number of anilines is 1. The standard InChI is InChI=1S/C28H26BrClN4O3S/c1-5-32(6-2)25(35)21-15(4)31-28-34(23(21)16-8-11-18(30)12-9-16)27(37)24(38-28)22-19-14-17(29)10-13-20(19)33(7-3)26(22)36/h8-14,23H,5-7H2,1-4H3/b24-22-/t23-/m0/s1. The first-order valence-electron chi connectivity index (χ1n) is 12.4. The first-order valence-corrected chi connectivity index (χ1v) is 14.4. The fourth-order valence-corrected chi connectivity index (χ4v) is 6.75. The Bertz CT molecular complexity index is 1690. The van der Waals surface area contributed by atoms with Gasteiger partial charge >= 0.3 is 0 Å². The number of aromatic nitrogens is 1. The summed E-state index contributed by atoms with van der Waals surface area (Å²) in [5.41, 5.74) is 3.22. The molecule has 0 spiro atoms. The van der Waals surface area contributed by atoms with Crippen molar-refractivity contribution in [1.29, 1.82) is 0 Å². The van der Waals surface area contributed by atoms with Crippen LogP contribution in [0, 0.1) is 0 Å². The van der Waals surface area contributed by atoms with E-state index in [9.17, 15) is 14.4 Å². The number of allylic oxidation sites excluding steroid dienone is 1.